The molecule has 0 radical (unpaired) electrons. The van der Waals surface area contributed by atoms with Crippen molar-refractivity contribution in [3.8, 4) is 5.75 Å². The van der Waals surface area contributed by atoms with Crippen molar-refractivity contribution in [2.75, 3.05) is 0 Å². The average Bonchev–Trinajstić information content (AvgIpc) is 2.22. The largest absolute Gasteiger partial charge is 0.425 e. The smallest absolute Gasteiger partial charge is 0.311 e. The van der Waals surface area contributed by atoms with Gasteiger partial charge in [0.2, 0.25) is 0 Å². The third kappa shape index (κ3) is 3.42. The maximum atomic E-state index is 11.3. The van der Waals surface area contributed by atoms with E-state index in [4.69, 9.17) is 4.74 Å². The van der Waals surface area contributed by atoms with Gasteiger partial charge in [-0.15, -0.1) is 0 Å². The van der Waals surface area contributed by atoms with E-state index in [2.05, 4.69) is 31.9 Å². The Labute approximate surface area is 110 Å². The Hall–Kier alpha value is -0.680. The maximum Gasteiger partial charge on any atom is 0.311 e. The number of benzene rings is 1. The Morgan fingerprint density at radius 2 is 2.12 bits per heavy atom. The van der Waals surface area contributed by atoms with Crippen molar-refractivity contribution in [1.82, 2.24) is 0 Å². The van der Waals surface area contributed by atoms with Gasteiger partial charge in [0.15, 0.2) is 12.0 Å². The molecule has 0 saturated carbocycles. The summed E-state index contributed by atoms with van der Waals surface area (Å²) in [7, 11) is 0. The topological polar surface area (TPSA) is 43.4 Å². The first-order valence-corrected chi connectivity index (χ1v) is 6.32. The van der Waals surface area contributed by atoms with E-state index in [9.17, 15) is 9.59 Å². The van der Waals surface area contributed by atoms with Gasteiger partial charge in [-0.25, -0.2) is 0 Å². The SMILES string of the molecule is CCCC(=O)Oc1c(Br)cc(Br)cc1C=O. The maximum absolute atomic E-state index is 11.3. The lowest BCUT2D eigenvalue weighted by Crippen LogP contribution is -2.09. The number of ether oxygens (including phenoxy) is 1. The van der Waals surface area contributed by atoms with E-state index >= 15 is 0 Å². The molecule has 16 heavy (non-hydrogen) atoms. The monoisotopic (exact) mass is 348 g/mol. The van der Waals surface area contributed by atoms with E-state index in [1.165, 1.54) is 0 Å². The first-order chi connectivity index (χ1) is 7.58. The molecular weight excluding hydrogens is 340 g/mol. The minimum absolute atomic E-state index is 0.275. The zero-order chi connectivity index (χ0) is 12.1. The highest BCUT2D eigenvalue weighted by atomic mass is 79.9. The van der Waals surface area contributed by atoms with Crippen molar-refractivity contribution in [2.45, 2.75) is 19.8 Å². The van der Waals surface area contributed by atoms with Crippen LogP contribution in [0.4, 0.5) is 0 Å². The fourth-order valence-electron chi connectivity index (χ4n) is 1.14. The highest BCUT2D eigenvalue weighted by Gasteiger charge is 2.13. The quantitative estimate of drug-likeness (QED) is 0.472. The number of carbonyl (C=O) groups excluding carboxylic acids is 2. The number of carbonyl (C=O) groups is 2. The van der Waals surface area contributed by atoms with Gasteiger partial charge in [0.25, 0.3) is 0 Å². The van der Waals surface area contributed by atoms with E-state index in [-0.39, 0.29) is 11.7 Å². The van der Waals surface area contributed by atoms with Crippen LogP contribution in [0.5, 0.6) is 5.75 Å². The first kappa shape index (κ1) is 13.4. The molecule has 0 spiro atoms. The Morgan fingerprint density at radius 1 is 1.44 bits per heavy atom. The standard InChI is InChI=1S/C11H10Br2O3/c1-2-3-10(15)16-11-7(6-14)4-8(12)5-9(11)13/h4-6H,2-3H2,1H3. The second-order valence-electron chi connectivity index (χ2n) is 3.15. The lowest BCUT2D eigenvalue weighted by Gasteiger charge is -2.08. The number of esters is 1. The Bertz CT molecular complexity index is 416. The molecule has 1 aromatic carbocycles. The molecule has 0 aliphatic rings. The predicted molar refractivity (Wildman–Crippen MR) is 67.8 cm³/mol. The molecule has 0 bridgehead atoms. The van der Waals surface area contributed by atoms with Crippen molar-refractivity contribution in [1.29, 1.82) is 0 Å². The summed E-state index contributed by atoms with van der Waals surface area (Å²) in [5.74, 6) is -0.0646. The molecule has 1 rings (SSSR count). The number of aldehydes is 1. The van der Waals surface area contributed by atoms with Gasteiger partial charge in [-0.3, -0.25) is 9.59 Å². The van der Waals surface area contributed by atoms with Gasteiger partial charge < -0.3 is 4.74 Å². The van der Waals surface area contributed by atoms with Gasteiger partial charge in [0.1, 0.15) is 0 Å². The van der Waals surface area contributed by atoms with Crippen LogP contribution in [-0.2, 0) is 4.79 Å². The third-order valence-electron chi connectivity index (χ3n) is 1.83. The van der Waals surface area contributed by atoms with Crippen molar-refractivity contribution in [3.63, 3.8) is 0 Å². The summed E-state index contributed by atoms with van der Waals surface area (Å²) in [6.07, 6.45) is 1.70. The Morgan fingerprint density at radius 3 is 2.69 bits per heavy atom. The van der Waals surface area contributed by atoms with Crippen LogP contribution >= 0.6 is 31.9 Å². The lowest BCUT2D eigenvalue weighted by atomic mass is 10.2. The molecule has 0 atom stereocenters. The van der Waals surface area contributed by atoms with E-state index < -0.39 is 0 Å². The van der Waals surface area contributed by atoms with Crippen molar-refractivity contribution >= 4 is 44.1 Å². The van der Waals surface area contributed by atoms with Gasteiger partial charge in [0, 0.05) is 10.9 Å². The molecular formula is C11H10Br2O3. The number of hydrogen-bond acceptors (Lipinski definition) is 3. The van der Waals surface area contributed by atoms with Gasteiger partial charge in [-0.1, -0.05) is 22.9 Å². The zero-order valence-corrected chi connectivity index (χ0v) is 11.8. The van der Waals surface area contributed by atoms with Crippen LogP contribution < -0.4 is 4.74 Å². The van der Waals surface area contributed by atoms with E-state index in [0.29, 0.717) is 29.2 Å². The summed E-state index contributed by atoms with van der Waals surface area (Å²) >= 11 is 6.51. The fraction of sp³-hybridized carbons (Fsp3) is 0.273. The minimum atomic E-state index is -0.339. The van der Waals surface area contributed by atoms with Gasteiger partial charge in [-0.05, 0) is 34.5 Å². The molecule has 1 aromatic rings. The van der Waals surface area contributed by atoms with Gasteiger partial charge in [-0.2, -0.15) is 0 Å². The number of rotatable bonds is 4. The number of hydrogen-bond donors (Lipinski definition) is 0. The Balaban J connectivity index is 3.02. The fourth-order valence-corrected chi connectivity index (χ4v) is 2.48. The molecule has 0 aromatic heterocycles. The van der Waals surface area contributed by atoms with E-state index in [1.54, 1.807) is 12.1 Å². The third-order valence-corrected chi connectivity index (χ3v) is 2.88. The van der Waals surface area contributed by atoms with Gasteiger partial charge in [0.05, 0.1) is 10.0 Å². The molecule has 0 aliphatic carbocycles. The van der Waals surface area contributed by atoms with Crippen molar-refractivity contribution in [3.05, 3.63) is 26.6 Å². The lowest BCUT2D eigenvalue weighted by molar-refractivity contribution is -0.134. The predicted octanol–water partition coefficient (Wildman–Crippen LogP) is 3.73. The second-order valence-corrected chi connectivity index (χ2v) is 4.92. The summed E-state index contributed by atoms with van der Waals surface area (Å²) in [5, 5.41) is 0. The average molecular weight is 350 g/mol. The van der Waals surface area contributed by atoms with Crippen molar-refractivity contribution in [2.24, 2.45) is 0 Å². The molecule has 0 fully saturated rings. The van der Waals surface area contributed by atoms with Crippen molar-refractivity contribution < 1.29 is 14.3 Å². The summed E-state index contributed by atoms with van der Waals surface area (Å²) in [6, 6.07) is 3.33. The van der Waals surface area contributed by atoms with Crippen LogP contribution in [0.25, 0.3) is 0 Å². The highest BCUT2D eigenvalue weighted by molar-refractivity contribution is 9.11. The number of halogens is 2. The Kier molecular flexibility index (Phi) is 5.15. The first-order valence-electron chi connectivity index (χ1n) is 4.73. The summed E-state index contributed by atoms with van der Waals surface area (Å²) in [4.78, 5) is 22.2. The zero-order valence-electron chi connectivity index (χ0n) is 8.63. The van der Waals surface area contributed by atoms with Crippen LogP contribution in [0, 0.1) is 0 Å². The van der Waals surface area contributed by atoms with Crippen LogP contribution in [-0.4, -0.2) is 12.3 Å². The molecule has 0 saturated heterocycles. The summed E-state index contributed by atoms with van der Waals surface area (Å²) < 4.78 is 6.45. The van der Waals surface area contributed by atoms with Gasteiger partial charge >= 0.3 is 5.97 Å². The normalized spacial score (nSPS) is 9.94. The molecule has 5 heteroatoms. The van der Waals surface area contributed by atoms with Crippen LogP contribution in [0.1, 0.15) is 30.1 Å². The van der Waals surface area contributed by atoms with E-state index in [0.717, 1.165) is 4.47 Å². The summed E-state index contributed by atoms with van der Waals surface area (Å²) in [6.45, 7) is 1.89. The molecule has 0 unspecified atom stereocenters. The second kappa shape index (κ2) is 6.15. The molecule has 0 aliphatic heterocycles. The molecule has 0 N–H and O–H groups in total. The minimum Gasteiger partial charge on any atom is -0.425 e. The molecule has 0 heterocycles. The van der Waals surface area contributed by atoms with Crippen LogP contribution in [0.3, 0.4) is 0 Å². The van der Waals surface area contributed by atoms with E-state index in [1.807, 2.05) is 6.92 Å². The highest BCUT2D eigenvalue weighted by Crippen LogP contribution is 2.32. The summed E-state index contributed by atoms with van der Waals surface area (Å²) in [5.41, 5.74) is 0.339. The molecule has 3 nitrogen and oxygen atoms in total. The van der Waals surface area contributed by atoms with Crippen LogP contribution in [0.15, 0.2) is 21.1 Å². The molecule has 86 valence electrons. The van der Waals surface area contributed by atoms with Crippen LogP contribution in [0.2, 0.25) is 0 Å². The molecule has 0 amide bonds.